The maximum Gasteiger partial charge on any atom is 0.0645 e. The summed E-state index contributed by atoms with van der Waals surface area (Å²) < 4.78 is 1.84. The summed E-state index contributed by atoms with van der Waals surface area (Å²) in [5.74, 6) is 0. The maximum absolute atomic E-state index is 4.16. The van der Waals surface area contributed by atoms with Gasteiger partial charge >= 0.3 is 0 Å². The number of hydrogen-bond acceptors (Lipinski definition) is 1. The van der Waals surface area contributed by atoms with Crippen LogP contribution in [0.4, 0.5) is 0 Å². The molecule has 2 rings (SSSR count). The quantitative estimate of drug-likeness (QED) is 0.701. The van der Waals surface area contributed by atoms with Crippen LogP contribution >= 0.6 is 0 Å². The molecular weight excluding hydrogens is 172 g/mol. The molecule has 1 aromatic heterocycles. The zero-order valence-electron chi connectivity index (χ0n) is 8.14. The minimum absolute atomic E-state index is 1.07. The molecule has 0 aliphatic heterocycles. The van der Waals surface area contributed by atoms with Gasteiger partial charge in [0.15, 0.2) is 0 Å². The second-order valence-electron chi connectivity index (χ2n) is 3.28. The molecule has 0 saturated carbocycles. The fraction of sp³-hybridized carbons (Fsp3) is 0.0833. The van der Waals surface area contributed by atoms with Crippen molar-refractivity contribution in [1.29, 1.82) is 0 Å². The predicted molar refractivity (Wildman–Crippen MR) is 58.3 cm³/mol. The smallest absolute Gasteiger partial charge is 0.0645 e. The van der Waals surface area contributed by atoms with Crippen LogP contribution in [0.5, 0.6) is 0 Å². The molecule has 0 bridgehead atoms. The van der Waals surface area contributed by atoms with E-state index in [2.05, 4.69) is 23.8 Å². The zero-order valence-corrected chi connectivity index (χ0v) is 8.14. The molecule has 0 radical (unpaired) electrons. The normalized spacial score (nSPS) is 10.1. The lowest BCUT2D eigenvalue weighted by Gasteiger charge is -2.03. The lowest BCUT2D eigenvalue weighted by atomic mass is 10.1. The Kier molecular flexibility index (Phi) is 2.19. The molecule has 0 aliphatic rings. The monoisotopic (exact) mass is 184 g/mol. The molecule has 0 fully saturated rings. The Labute approximate surface area is 83.5 Å². The molecule has 1 heterocycles. The number of rotatable bonds is 2. The van der Waals surface area contributed by atoms with Gasteiger partial charge in [-0.25, -0.2) is 4.68 Å². The van der Waals surface area contributed by atoms with Gasteiger partial charge in [-0.3, -0.25) is 0 Å². The summed E-state index contributed by atoms with van der Waals surface area (Å²) in [6.45, 7) is 5.90. The van der Waals surface area contributed by atoms with Gasteiger partial charge in [-0.15, -0.1) is 0 Å². The lowest BCUT2D eigenvalue weighted by molar-refractivity contribution is 0.880. The van der Waals surface area contributed by atoms with E-state index in [0.29, 0.717) is 0 Å². The Morgan fingerprint density at radius 1 is 1.29 bits per heavy atom. The lowest BCUT2D eigenvalue weighted by Crippen LogP contribution is -1.93. The Balaban J connectivity index is 2.36. The van der Waals surface area contributed by atoms with Gasteiger partial charge in [0.2, 0.25) is 0 Å². The molecule has 0 N–H and O–H groups in total. The predicted octanol–water partition coefficient (Wildman–Crippen LogP) is 2.91. The van der Waals surface area contributed by atoms with Crippen LogP contribution < -0.4 is 0 Å². The van der Waals surface area contributed by atoms with E-state index < -0.39 is 0 Å². The molecule has 1 aromatic carbocycles. The van der Waals surface area contributed by atoms with E-state index in [1.807, 2.05) is 36.0 Å². The Hall–Kier alpha value is -1.83. The maximum atomic E-state index is 4.16. The summed E-state index contributed by atoms with van der Waals surface area (Å²) in [6.07, 6.45) is 3.70. The van der Waals surface area contributed by atoms with Crippen molar-refractivity contribution >= 4 is 5.57 Å². The molecule has 0 atom stereocenters. The van der Waals surface area contributed by atoms with E-state index in [1.165, 1.54) is 5.56 Å². The van der Waals surface area contributed by atoms with Gasteiger partial charge in [0.1, 0.15) is 0 Å². The standard InChI is InChI=1S/C12H12N2/c1-10(2)11-4-6-12(7-5-11)14-9-3-8-13-14/h3-9H,1H2,2H3. The molecule has 70 valence electrons. The third kappa shape index (κ3) is 1.59. The number of aromatic nitrogens is 2. The summed E-state index contributed by atoms with van der Waals surface area (Å²) in [7, 11) is 0. The average molecular weight is 184 g/mol. The first-order valence-electron chi connectivity index (χ1n) is 4.53. The van der Waals surface area contributed by atoms with Gasteiger partial charge < -0.3 is 0 Å². The van der Waals surface area contributed by atoms with E-state index in [-0.39, 0.29) is 0 Å². The first-order valence-corrected chi connectivity index (χ1v) is 4.53. The minimum atomic E-state index is 1.07. The first-order chi connectivity index (χ1) is 6.77. The highest BCUT2D eigenvalue weighted by Crippen LogP contribution is 2.14. The van der Waals surface area contributed by atoms with Gasteiger partial charge in [-0.1, -0.05) is 24.3 Å². The molecule has 0 amide bonds. The second kappa shape index (κ2) is 3.50. The van der Waals surface area contributed by atoms with Gasteiger partial charge in [0.25, 0.3) is 0 Å². The number of allylic oxidation sites excluding steroid dienone is 1. The third-order valence-electron chi connectivity index (χ3n) is 2.13. The van der Waals surface area contributed by atoms with Gasteiger partial charge in [0, 0.05) is 12.4 Å². The van der Waals surface area contributed by atoms with Crippen molar-refractivity contribution in [1.82, 2.24) is 9.78 Å². The van der Waals surface area contributed by atoms with Crippen molar-refractivity contribution in [3.05, 3.63) is 54.9 Å². The van der Waals surface area contributed by atoms with Crippen LogP contribution in [0.15, 0.2) is 49.3 Å². The van der Waals surface area contributed by atoms with Gasteiger partial charge in [0.05, 0.1) is 5.69 Å². The third-order valence-corrected chi connectivity index (χ3v) is 2.13. The van der Waals surface area contributed by atoms with E-state index in [9.17, 15) is 0 Å². The van der Waals surface area contributed by atoms with E-state index in [4.69, 9.17) is 0 Å². The van der Waals surface area contributed by atoms with Crippen LogP contribution in [-0.2, 0) is 0 Å². The molecule has 0 spiro atoms. The second-order valence-corrected chi connectivity index (χ2v) is 3.28. The van der Waals surface area contributed by atoms with Crippen molar-refractivity contribution in [2.75, 3.05) is 0 Å². The largest absolute Gasteiger partial charge is 0.241 e. The van der Waals surface area contributed by atoms with Crippen molar-refractivity contribution < 1.29 is 0 Å². The Bertz CT molecular complexity index is 424. The van der Waals surface area contributed by atoms with Crippen LogP contribution in [-0.4, -0.2) is 9.78 Å². The number of hydrogen-bond donors (Lipinski definition) is 0. The fourth-order valence-corrected chi connectivity index (χ4v) is 1.32. The number of benzene rings is 1. The molecule has 0 aliphatic carbocycles. The highest BCUT2D eigenvalue weighted by molar-refractivity contribution is 5.62. The van der Waals surface area contributed by atoms with Crippen LogP contribution in [0, 0.1) is 0 Å². The van der Waals surface area contributed by atoms with Crippen LogP contribution in [0.3, 0.4) is 0 Å². The molecule has 14 heavy (non-hydrogen) atoms. The summed E-state index contributed by atoms with van der Waals surface area (Å²) in [4.78, 5) is 0. The summed E-state index contributed by atoms with van der Waals surface area (Å²) >= 11 is 0. The number of nitrogens with zero attached hydrogens (tertiary/aromatic N) is 2. The summed E-state index contributed by atoms with van der Waals surface area (Å²) in [6, 6.07) is 10.1. The van der Waals surface area contributed by atoms with Gasteiger partial charge in [-0.2, -0.15) is 5.10 Å². The van der Waals surface area contributed by atoms with Crippen molar-refractivity contribution in [2.24, 2.45) is 0 Å². The van der Waals surface area contributed by atoms with E-state index in [0.717, 1.165) is 11.3 Å². The Morgan fingerprint density at radius 2 is 2.00 bits per heavy atom. The first kappa shape index (κ1) is 8.75. The SMILES string of the molecule is C=C(C)c1ccc(-n2cccn2)cc1. The zero-order chi connectivity index (χ0) is 9.97. The highest BCUT2D eigenvalue weighted by atomic mass is 15.3. The molecule has 2 aromatic rings. The highest BCUT2D eigenvalue weighted by Gasteiger charge is 1.96. The van der Waals surface area contributed by atoms with Crippen LogP contribution in [0.1, 0.15) is 12.5 Å². The molecule has 0 unspecified atom stereocenters. The molecular formula is C12H12N2. The summed E-state index contributed by atoms with van der Waals surface area (Å²) in [5.41, 5.74) is 3.32. The minimum Gasteiger partial charge on any atom is -0.241 e. The van der Waals surface area contributed by atoms with E-state index >= 15 is 0 Å². The van der Waals surface area contributed by atoms with E-state index in [1.54, 1.807) is 6.20 Å². The molecule has 2 heteroatoms. The molecule has 0 saturated heterocycles. The Morgan fingerprint density at radius 3 is 2.50 bits per heavy atom. The molecule has 2 nitrogen and oxygen atoms in total. The topological polar surface area (TPSA) is 17.8 Å². The van der Waals surface area contributed by atoms with Crippen LogP contribution in [0.25, 0.3) is 11.3 Å². The van der Waals surface area contributed by atoms with Crippen molar-refractivity contribution in [3.63, 3.8) is 0 Å². The van der Waals surface area contributed by atoms with Crippen molar-refractivity contribution in [3.8, 4) is 5.69 Å². The fourth-order valence-electron chi connectivity index (χ4n) is 1.32. The van der Waals surface area contributed by atoms with Crippen molar-refractivity contribution in [2.45, 2.75) is 6.92 Å². The average Bonchev–Trinajstić information content (AvgIpc) is 2.71. The van der Waals surface area contributed by atoms with Gasteiger partial charge in [-0.05, 0) is 30.7 Å². The van der Waals surface area contributed by atoms with Crippen LogP contribution in [0.2, 0.25) is 0 Å². The summed E-state index contributed by atoms with van der Waals surface area (Å²) in [5, 5.41) is 4.16.